The molecule has 3 rings (SSSR count). The van der Waals surface area contributed by atoms with Crippen molar-refractivity contribution in [2.24, 2.45) is 7.05 Å². The van der Waals surface area contributed by atoms with Crippen molar-refractivity contribution in [3.8, 4) is 0 Å². The third-order valence-corrected chi connectivity index (χ3v) is 4.85. The standard InChI is InChI=1S/C14H16N2OS/c1-16-11-7-3-2-6-10(11)15-14(16)18-13-9-5-4-8-12(13)17/h2-3,6-7,13H,4-5,8-9H2,1H3. The van der Waals surface area contributed by atoms with Gasteiger partial charge >= 0.3 is 0 Å². The van der Waals surface area contributed by atoms with Crippen LogP contribution in [0.2, 0.25) is 0 Å². The summed E-state index contributed by atoms with van der Waals surface area (Å²) in [5, 5.41) is 1.06. The molecule has 1 aliphatic carbocycles. The quantitative estimate of drug-likeness (QED) is 0.832. The van der Waals surface area contributed by atoms with Crippen molar-refractivity contribution < 1.29 is 4.79 Å². The summed E-state index contributed by atoms with van der Waals surface area (Å²) in [6.45, 7) is 0. The molecule has 94 valence electrons. The molecule has 1 aromatic carbocycles. The molecule has 1 aromatic heterocycles. The van der Waals surface area contributed by atoms with Gasteiger partial charge in [0.1, 0.15) is 5.78 Å². The zero-order chi connectivity index (χ0) is 12.5. The Labute approximate surface area is 111 Å². The number of aryl methyl sites for hydroxylation is 1. The number of hydrogen-bond acceptors (Lipinski definition) is 3. The monoisotopic (exact) mass is 260 g/mol. The number of carbonyl (C=O) groups excluding carboxylic acids is 1. The first-order chi connectivity index (χ1) is 8.75. The number of para-hydroxylation sites is 2. The number of nitrogens with zero attached hydrogens (tertiary/aromatic N) is 2. The summed E-state index contributed by atoms with van der Waals surface area (Å²) in [5.41, 5.74) is 2.13. The Bertz CT molecular complexity index is 590. The lowest BCUT2D eigenvalue weighted by Crippen LogP contribution is -2.21. The van der Waals surface area contributed by atoms with Gasteiger partial charge in [-0.05, 0) is 25.0 Å². The normalized spacial score (nSPS) is 20.5. The van der Waals surface area contributed by atoms with E-state index >= 15 is 0 Å². The van der Waals surface area contributed by atoms with E-state index in [0.717, 1.165) is 41.9 Å². The molecule has 1 fully saturated rings. The van der Waals surface area contributed by atoms with Crippen molar-refractivity contribution in [2.45, 2.75) is 36.1 Å². The van der Waals surface area contributed by atoms with Gasteiger partial charge in [0.15, 0.2) is 5.16 Å². The minimum absolute atomic E-state index is 0.106. The number of benzene rings is 1. The molecule has 0 aliphatic heterocycles. The Balaban J connectivity index is 1.90. The molecule has 0 saturated heterocycles. The van der Waals surface area contributed by atoms with Crippen LogP contribution >= 0.6 is 11.8 Å². The van der Waals surface area contributed by atoms with Crippen molar-refractivity contribution in [1.82, 2.24) is 9.55 Å². The second-order valence-electron chi connectivity index (χ2n) is 4.76. The lowest BCUT2D eigenvalue weighted by atomic mass is 9.99. The van der Waals surface area contributed by atoms with Crippen molar-refractivity contribution in [3.05, 3.63) is 24.3 Å². The second-order valence-corrected chi connectivity index (χ2v) is 5.93. The van der Waals surface area contributed by atoms with Crippen LogP contribution in [0.15, 0.2) is 29.4 Å². The first kappa shape index (κ1) is 11.8. The van der Waals surface area contributed by atoms with Crippen LogP contribution in [0, 0.1) is 0 Å². The lowest BCUT2D eigenvalue weighted by molar-refractivity contribution is -0.119. The average Bonchev–Trinajstić information content (AvgIpc) is 2.70. The van der Waals surface area contributed by atoms with Crippen LogP contribution in [-0.2, 0) is 11.8 Å². The van der Waals surface area contributed by atoms with E-state index in [2.05, 4.69) is 15.6 Å². The Kier molecular flexibility index (Phi) is 3.12. The van der Waals surface area contributed by atoms with E-state index in [4.69, 9.17) is 0 Å². The molecule has 18 heavy (non-hydrogen) atoms. The van der Waals surface area contributed by atoms with Crippen molar-refractivity contribution in [2.75, 3.05) is 0 Å². The molecule has 1 atom stereocenters. The van der Waals surface area contributed by atoms with Crippen LogP contribution in [0.25, 0.3) is 11.0 Å². The summed E-state index contributed by atoms with van der Waals surface area (Å²) >= 11 is 1.63. The highest BCUT2D eigenvalue weighted by molar-refractivity contribution is 8.00. The summed E-state index contributed by atoms with van der Waals surface area (Å²) in [4.78, 5) is 16.5. The Morgan fingerprint density at radius 2 is 2.17 bits per heavy atom. The maximum Gasteiger partial charge on any atom is 0.169 e. The highest BCUT2D eigenvalue weighted by Crippen LogP contribution is 2.32. The molecule has 1 aliphatic rings. The van der Waals surface area contributed by atoms with Crippen molar-refractivity contribution in [1.29, 1.82) is 0 Å². The van der Waals surface area contributed by atoms with Crippen LogP contribution < -0.4 is 0 Å². The number of thioether (sulfide) groups is 1. The summed E-state index contributed by atoms with van der Waals surface area (Å²) in [7, 11) is 2.02. The predicted molar refractivity (Wildman–Crippen MR) is 73.8 cm³/mol. The first-order valence-corrected chi connectivity index (χ1v) is 7.24. The van der Waals surface area contributed by atoms with E-state index in [9.17, 15) is 4.79 Å². The van der Waals surface area contributed by atoms with Gasteiger partial charge in [-0.2, -0.15) is 0 Å². The van der Waals surface area contributed by atoms with Gasteiger partial charge in [-0.3, -0.25) is 4.79 Å². The van der Waals surface area contributed by atoms with E-state index in [1.165, 1.54) is 0 Å². The number of fused-ring (bicyclic) bond motifs is 1. The number of Topliss-reactive ketones (excluding diaryl/α,β-unsaturated/α-hetero) is 1. The molecule has 1 saturated carbocycles. The maximum atomic E-state index is 11.9. The van der Waals surface area contributed by atoms with Crippen LogP contribution in [-0.4, -0.2) is 20.6 Å². The molecule has 1 heterocycles. The fraction of sp³-hybridized carbons (Fsp3) is 0.429. The number of imidazole rings is 1. The molecule has 0 N–H and O–H groups in total. The van der Waals surface area contributed by atoms with Crippen LogP contribution in [0.3, 0.4) is 0 Å². The summed E-state index contributed by atoms with van der Waals surface area (Å²) in [5.74, 6) is 0.387. The zero-order valence-electron chi connectivity index (χ0n) is 10.4. The number of aromatic nitrogens is 2. The third kappa shape index (κ3) is 2.05. The number of rotatable bonds is 2. The van der Waals surface area contributed by atoms with E-state index in [1.807, 2.05) is 25.2 Å². The molecular formula is C14H16N2OS. The summed E-state index contributed by atoms with van der Waals surface area (Å²) < 4.78 is 2.09. The van der Waals surface area contributed by atoms with Gasteiger partial charge in [0.05, 0.1) is 16.3 Å². The van der Waals surface area contributed by atoms with Gasteiger partial charge in [-0.1, -0.05) is 30.3 Å². The highest BCUT2D eigenvalue weighted by atomic mass is 32.2. The Morgan fingerprint density at radius 3 is 2.94 bits per heavy atom. The van der Waals surface area contributed by atoms with Gasteiger partial charge in [0.2, 0.25) is 0 Å². The summed E-state index contributed by atoms with van der Waals surface area (Å²) in [6, 6.07) is 8.09. The second kappa shape index (κ2) is 4.76. The minimum Gasteiger partial charge on any atom is -0.322 e. The van der Waals surface area contributed by atoms with Crippen molar-refractivity contribution in [3.63, 3.8) is 0 Å². The number of ketones is 1. The molecule has 3 nitrogen and oxygen atoms in total. The fourth-order valence-electron chi connectivity index (χ4n) is 2.43. The van der Waals surface area contributed by atoms with Crippen LogP contribution in [0.4, 0.5) is 0 Å². The van der Waals surface area contributed by atoms with E-state index in [1.54, 1.807) is 11.8 Å². The van der Waals surface area contributed by atoms with Gasteiger partial charge in [0.25, 0.3) is 0 Å². The van der Waals surface area contributed by atoms with Gasteiger partial charge in [0, 0.05) is 13.5 Å². The predicted octanol–water partition coefficient (Wildman–Crippen LogP) is 3.18. The molecule has 1 unspecified atom stereocenters. The highest BCUT2D eigenvalue weighted by Gasteiger charge is 2.25. The largest absolute Gasteiger partial charge is 0.322 e. The van der Waals surface area contributed by atoms with E-state index < -0.39 is 0 Å². The van der Waals surface area contributed by atoms with Crippen LogP contribution in [0.1, 0.15) is 25.7 Å². The topological polar surface area (TPSA) is 34.9 Å². The minimum atomic E-state index is 0.106. The molecule has 4 heteroatoms. The molecule has 0 spiro atoms. The fourth-order valence-corrected chi connectivity index (χ4v) is 3.63. The summed E-state index contributed by atoms with van der Waals surface area (Å²) in [6.07, 6.45) is 3.94. The maximum absolute atomic E-state index is 11.9. The van der Waals surface area contributed by atoms with Gasteiger partial charge in [-0.25, -0.2) is 4.98 Å². The third-order valence-electron chi connectivity index (χ3n) is 3.49. The average molecular weight is 260 g/mol. The Morgan fingerprint density at radius 1 is 1.33 bits per heavy atom. The molecule has 0 radical (unpaired) electrons. The number of hydrogen-bond donors (Lipinski definition) is 0. The van der Waals surface area contributed by atoms with E-state index in [0.29, 0.717) is 5.78 Å². The smallest absolute Gasteiger partial charge is 0.169 e. The first-order valence-electron chi connectivity index (χ1n) is 6.36. The Hall–Kier alpha value is -1.29. The van der Waals surface area contributed by atoms with Crippen molar-refractivity contribution >= 4 is 28.6 Å². The molecular weight excluding hydrogens is 244 g/mol. The van der Waals surface area contributed by atoms with Gasteiger partial charge in [-0.15, -0.1) is 0 Å². The molecule has 2 aromatic rings. The molecule has 0 bridgehead atoms. The zero-order valence-corrected chi connectivity index (χ0v) is 11.2. The number of carbonyl (C=O) groups is 1. The van der Waals surface area contributed by atoms with E-state index in [-0.39, 0.29) is 5.25 Å². The SMILES string of the molecule is Cn1c(SC2CCCCC2=O)nc2ccccc21. The van der Waals surface area contributed by atoms with Crippen LogP contribution in [0.5, 0.6) is 0 Å². The lowest BCUT2D eigenvalue weighted by Gasteiger charge is -2.19. The molecule has 0 amide bonds. The van der Waals surface area contributed by atoms with Gasteiger partial charge < -0.3 is 4.57 Å².